The predicted octanol–water partition coefficient (Wildman–Crippen LogP) is 3.74. The maximum atomic E-state index is 11.7. The van der Waals surface area contributed by atoms with Gasteiger partial charge in [-0.05, 0) is 35.4 Å². The molecule has 2 aromatic carbocycles. The van der Waals surface area contributed by atoms with Crippen LogP contribution in [0.5, 0.6) is 0 Å². The van der Waals surface area contributed by atoms with Crippen LogP contribution in [-0.2, 0) is 10.5 Å². The Labute approximate surface area is 151 Å². The molecule has 0 fully saturated rings. The van der Waals surface area contributed by atoms with E-state index in [2.05, 4.69) is 26.5 Å². The van der Waals surface area contributed by atoms with Crippen molar-refractivity contribution in [3.8, 4) is 0 Å². The number of non-ortho nitro benzene ring substituents is 1. The van der Waals surface area contributed by atoms with E-state index in [-0.39, 0.29) is 11.6 Å². The van der Waals surface area contributed by atoms with Crippen LogP contribution in [0, 0.1) is 10.1 Å². The molecule has 0 aliphatic heterocycles. The summed E-state index contributed by atoms with van der Waals surface area (Å²) in [4.78, 5) is 21.8. The van der Waals surface area contributed by atoms with Crippen LogP contribution in [0.3, 0.4) is 0 Å². The van der Waals surface area contributed by atoms with Gasteiger partial charge in [-0.3, -0.25) is 14.9 Å². The van der Waals surface area contributed by atoms with Gasteiger partial charge in [0, 0.05) is 22.4 Å². The van der Waals surface area contributed by atoms with Crippen LogP contribution in [0.25, 0.3) is 0 Å². The lowest BCUT2D eigenvalue weighted by atomic mass is 10.2. The number of amides is 1. The Kier molecular flexibility index (Phi) is 6.95. The molecule has 24 heavy (non-hydrogen) atoms. The summed E-state index contributed by atoms with van der Waals surface area (Å²) in [7, 11) is 0. The molecular formula is C16H14BrN3O3S. The normalized spacial score (nSPS) is 10.7. The van der Waals surface area contributed by atoms with Gasteiger partial charge in [0.25, 0.3) is 5.69 Å². The van der Waals surface area contributed by atoms with Gasteiger partial charge in [-0.1, -0.05) is 28.1 Å². The summed E-state index contributed by atoms with van der Waals surface area (Å²) in [5.74, 6) is 0.843. The summed E-state index contributed by atoms with van der Waals surface area (Å²) < 4.78 is 1.02. The van der Waals surface area contributed by atoms with E-state index in [1.54, 1.807) is 12.1 Å². The highest BCUT2D eigenvalue weighted by atomic mass is 79.9. The van der Waals surface area contributed by atoms with Gasteiger partial charge in [-0.15, -0.1) is 11.8 Å². The average Bonchev–Trinajstić information content (AvgIpc) is 2.57. The van der Waals surface area contributed by atoms with Crippen LogP contribution in [0.1, 0.15) is 11.1 Å². The van der Waals surface area contributed by atoms with Crippen LogP contribution in [-0.4, -0.2) is 22.8 Å². The molecular weight excluding hydrogens is 394 g/mol. The molecule has 124 valence electrons. The Balaban J connectivity index is 1.72. The van der Waals surface area contributed by atoms with Crippen molar-refractivity contribution in [1.29, 1.82) is 0 Å². The maximum Gasteiger partial charge on any atom is 0.269 e. The van der Waals surface area contributed by atoms with Gasteiger partial charge in [0.1, 0.15) is 0 Å². The fraction of sp³-hybridized carbons (Fsp3) is 0.125. The first-order chi connectivity index (χ1) is 11.5. The van der Waals surface area contributed by atoms with Crippen molar-refractivity contribution in [3.05, 3.63) is 74.2 Å². The van der Waals surface area contributed by atoms with Gasteiger partial charge in [0.2, 0.25) is 5.91 Å². The van der Waals surface area contributed by atoms with Crippen LogP contribution in [0.15, 0.2) is 58.1 Å². The van der Waals surface area contributed by atoms with Crippen molar-refractivity contribution in [3.63, 3.8) is 0 Å². The summed E-state index contributed by atoms with van der Waals surface area (Å²) in [6.07, 6.45) is 1.45. The van der Waals surface area contributed by atoms with E-state index in [1.807, 2.05) is 24.3 Å². The number of halogens is 1. The van der Waals surface area contributed by atoms with Gasteiger partial charge in [0.05, 0.1) is 16.9 Å². The molecule has 2 rings (SSSR count). The fourth-order valence-electron chi connectivity index (χ4n) is 1.74. The zero-order valence-corrected chi connectivity index (χ0v) is 14.9. The molecule has 0 saturated heterocycles. The number of hydrazone groups is 1. The first-order valence-electron chi connectivity index (χ1n) is 6.93. The standard InChI is InChI=1S/C16H14BrN3O3S/c17-14-5-1-13(2-6-14)10-24-11-16(21)19-18-9-12-3-7-15(8-4-12)20(22)23/h1-9H,10-11H2,(H,19,21)/b18-9-. The lowest BCUT2D eigenvalue weighted by Crippen LogP contribution is -2.19. The minimum absolute atomic E-state index is 0.0144. The Hall–Kier alpha value is -2.19. The van der Waals surface area contributed by atoms with E-state index < -0.39 is 4.92 Å². The molecule has 6 nitrogen and oxygen atoms in total. The van der Waals surface area contributed by atoms with Crippen molar-refractivity contribution in [1.82, 2.24) is 5.43 Å². The highest BCUT2D eigenvalue weighted by molar-refractivity contribution is 9.10. The van der Waals surface area contributed by atoms with E-state index in [9.17, 15) is 14.9 Å². The summed E-state index contributed by atoms with van der Waals surface area (Å²) in [6, 6.07) is 13.8. The minimum atomic E-state index is -0.467. The molecule has 0 aliphatic carbocycles. The van der Waals surface area contributed by atoms with Crippen LogP contribution >= 0.6 is 27.7 Å². The van der Waals surface area contributed by atoms with E-state index in [1.165, 1.54) is 30.1 Å². The highest BCUT2D eigenvalue weighted by Crippen LogP contribution is 2.15. The van der Waals surface area contributed by atoms with Crippen LogP contribution in [0.4, 0.5) is 5.69 Å². The van der Waals surface area contributed by atoms with E-state index >= 15 is 0 Å². The molecule has 0 bridgehead atoms. The fourth-order valence-corrected chi connectivity index (χ4v) is 2.78. The Bertz CT molecular complexity index is 733. The largest absolute Gasteiger partial charge is 0.272 e. The van der Waals surface area contributed by atoms with E-state index in [4.69, 9.17) is 0 Å². The number of thioether (sulfide) groups is 1. The molecule has 8 heteroatoms. The SMILES string of the molecule is O=C(CSCc1ccc(Br)cc1)N/N=C\c1ccc([N+](=O)[O-])cc1. The molecule has 2 aromatic rings. The first kappa shape index (κ1) is 18.2. The number of rotatable bonds is 7. The summed E-state index contributed by atoms with van der Waals surface area (Å²) in [5, 5.41) is 14.4. The molecule has 0 heterocycles. The Morgan fingerprint density at radius 3 is 2.50 bits per heavy atom. The maximum absolute atomic E-state index is 11.7. The zero-order valence-electron chi connectivity index (χ0n) is 12.5. The lowest BCUT2D eigenvalue weighted by Gasteiger charge is -2.02. The van der Waals surface area contributed by atoms with Gasteiger partial charge in [-0.25, -0.2) is 5.43 Å². The first-order valence-corrected chi connectivity index (χ1v) is 8.88. The summed E-state index contributed by atoms with van der Waals surface area (Å²) in [5.41, 5.74) is 4.26. The van der Waals surface area contributed by atoms with Crippen molar-refractivity contribution >= 4 is 45.5 Å². The van der Waals surface area contributed by atoms with E-state index in [0.29, 0.717) is 11.3 Å². The Morgan fingerprint density at radius 2 is 1.88 bits per heavy atom. The van der Waals surface area contributed by atoms with E-state index in [0.717, 1.165) is 15.8 Å². The molecule has 1 N–H and O–H groups in total. The number of nitro benzene ring substituents is 1. The van der Waals surface area contributed by atoms with Crippen molar-refractivity contribution in [2.24, 2.45) is 5.10 Å². The second-order valence-corrected chi connectivity index (χ2v) is 6.66. The number of carbonyl (C=O) groups excluding carboxylic acids is 1. The topological polar surface area (TPSA) is 84.6 Å². The van der Waals surface area contributed by atoms with Crippen LogP contribution in [0.2, 0.25) is 0 Å². The van der Waals surface area contributed by atoms with Gasteiger partial charge < -0.3 is 0 Å². The second-order valence-electron chi connectivity index (χ2n) is 4.76. The summed E-state index contributed by atoms with van der Waals surface area (Å²) >= 11 is 4.87. The molecule has 0 aromatic heterocycles. The number of nitrogens with one attached hydrogen (secondary N) is 1. The zero-order chi connectivity index (χ0) is 17.4. The van der Waals surface area contributed by atoms with Crippen molar-refractivity contribution < 1.29 is 9.72 Å². The quantitative estimate of drug-likeness (QED) is 0.430. The molecule has 1 amide bonds. The van der Waals surface area contributed by atoms with Crippen molar-refractivity contribution in [2.45, 2.75) is 5.75 Å². The number of nitrogens with zero attached hydrogens (tertiary/aromatic N) is 2. The smallest absolute Gasteiger partial charge is 0.269 e. The third-order valence-corrected chi connectivity index (χ3v) is 4.45. The molecule has 0 atom stereocenters. The average molecular weight is 408 g/mol. The number of nitro groups is 1. The third-order valence-electron chi connectivity index (χ3n) is 2.92. The number of carbonyl (C=O) groups is 1. The number of hydrogen-bond acceptors (Lipinski definition) is 5. The Morgan fingerprint density at radius 1 is 1.21 bits per heavy atom. The lowest BCUT2D eigenvalue weighted by molar-refractivity contribution is -0.384. The molecule has 0 aliphatic rings. The number of hydrogen-bond donors (Lipinski definition) is 1. The van der Waals surface area contributed by atoms with Gasteiger partial charge >= 0.3 is 0 Å². The third kappa shape index (κ3) is 6.13. The molecule has 0 spiro atoms. The molecule has 0 radical (unpaired) electrons. The molecule has 0 unspecified atom stereocenters. The minimum Gasteiger partial charge on any atom is -0.272 e. The highest BCUT2D eigenvalue weighted by Gasteiger charge is 2.03. The molecule has 0 saturated carbocycles. The van der Waals surface area contributed by atoms with Gasteiger partial charge in [0.15, 0.2) is 0 Å². The summed E-state index contributed by atoms with van der Waals surface area (Å²) in [6.45, 7) is 0. The van der Waals surface area contributed by atoms with Crippen LogP contribution < -0.4 is 5.43 Å². The number of benzene rings is 2. The van der Waals surface area contributed by atoms with Crippen molar-refractivity contribution in [2.75, 3.05) is 5.75 Å². The second kappa shape index (κ2) is 9.19. The monoisotopic (exact) mass is 407 g/mol. The van der Waals surface area contributed by atoms with Gasteiger partial charge in [-0.2, -0.15) is 5.10 Å². The predicted molar refractivity (Wildman–Crippen MR) is 99.1 cm³/mol.